The largest absolute Gasteiger partial charge is 0.479 e. The van der Waals surface area contributed by atoms with Gasteiger partial charge in [0.25, 0.3) is 0 Å². The molecule has 66 valence electrons. The van der Waals surface area contributed by atoms with Crippen LogP contribution in [0.25, 0.3) is 0 Å². The van der Waals surface area contributed by atoms with Crippen molar-refractivity contribution in [2.75, 3.05) is 19.8 Å². The highest BCUT2D eigenvalue weighted by atomic mass is 16.5. The van der Waals surface area contributed by atoms with Gasteiger partial charge in [0.15, 0.2) is 11.8 Å². The van der Waals surface area contributed by atoms with Crippen LogP contribution in [0.4, 0.5) is 0 Å². The van der Waals surface area contributed by atoms with Crippen molar-refractivity contribution in [3.8, 4) is 0 Å². The highest BCUT2D eigenvalue weighted by Crippen LogP contribution is 2.08. The van der Waals surface area contributed by atoms with E-state index in [1.165, 1.54) is 0 Å². The summed E-state index contributed by atoms with van der Waals surface area (Å²) in [5.74, 6) is 1.53. The zero-order valence-corrected chi connectivity index (χ0v) is 7.12. The summed E-state index contributed by atoms with van der Waals surface area (Å²) in [6, 6.07) is 0.294. The molecule has 0 aromatic heterocycles. The first-order valence-electron chi connectivity index (χ1n) is 4.20. The molecule has 0 aromatic rings. The molecule has 0 aliphatic carbocycles. The SMILES string of the molecule is CC1COC(CC2=NCCO2)=N1. The number of hydrogen-bond acceptors (Lipinski definition) is 4. The van der Waals surface area contributed by atoms with Gasteiger partial charge >= 0.3 is 0 Å². The smallest absolute Gasteiger partial charge is 0.193 e. The lowest BCUT2D eigenvalue weighted by Gasteiger charge is -2.00. The van der Waals surface area contributed by atoms with Gasteiger partial charge in [-0.05, 0) is 6.92 Å². The Labute approximate surface area is 71.3 Å². The van der Waals surface area contributed by atoms with Crippen molar-refractivity contribution < 1.29 is 9.47 Å². The number of rotatable bonds is 2. The second-order valence-corrected chi connectivity index (χ2v) is 2.98. The lowest BCUT2D eigenvalue weighted by molar-refractivity contribution is 0.310. The maximum atomic E-state index is 5.32. The second kappa shape index (κ2) is 3.13. The third-order valence-electron chi connectivity index (χ3n) is 1.81. The van der Waals surface area contributed by atoms with Gasteiger partial charge in [0.1, 0.15) is 13.2 Å². The minimum atomic E-state index is 0.294. The van der Waals surface area contributed by atoms with Crippen molar-refractivity contribution in [3.05, 3.63) is 0 Å². The van der Waals surface area contributed by atoms with Crippen LogP contribution < -0.4 is 0 Å². The summed E-state index contributed by atoms with van der Waals surface area (Å²) in [5, 5.41) is 0. The molecule has 0 saturated heterocycles. The normalized spacial score (nSPS) is 27.6. The lowest BCUT2D eigenvalue weighted by Crippen LogP contribution is -2.08. The zero-order valence-electron chi connectivity index (χ0n) is 7.12. The summed E-state index contributed by atoms with van der Waals surface area (Å²) in [6.45, 7) is 4.21. The third kappa shape index (κ3) is 1.57. The van der Waals surface area contributed by atoms with Gasteiger partial charge in [0.05, 0.1) is 19.0 Å². The van der Waals surface area contributed by atoms with Crippen LogP contribution in [0.2, 0.25) is 0 Å². The van der Waals surface area contributed by atoms with Crippen molar-refractivity contribution in [2.24, 2.45) is 9.98 Å². The minimum Gasteiger partial charge on any atom is -0.479 e. The third-order valence-corrected chi connectivity index (χ3v) is 1.81. The predicted molar refractivity (Wildman–Crippen MR) is 45.7 cm³/mol. The summed E-state index contributed by atoms with van der Waals surface area (Å²) in [5.41, 5.74) is 0. The van der Waals surface area contributed by atoms with Crippen LogP contribution in [0, 0.1) is 0 Å². The monoisotopic (exact) mass is 168 g/mol. The molecule has 2 rings (SSSR count). The molecule has 0 fully saturated rings. The Morgan fingerprint density at radius 2 is 2.33 bits per heavy atom. The highest BCUT2D eigenvalue weighted by molar-refractivity contribution is 5.98. The van der Waals surface area contributed by atoms with E-state index < -0.39 is 0 Å². The molecule has 0 N–H and O–H groups in total. The first-order valence-corrected chi connectivity index (χ1v) is 4.20. The van der Waals surface area contributed by atoms with Crippen LogP contribution in [-0.4, -0.2) is 37.6 Å². The van der Waals surface area contributed by atoms with Crippen LogP contribution >= 0.6 is 0 Å². The van der Waals surface area contributed by atoms with Crippen molar-refractivity contribution >= 4 is 11.8 Å². The van der Waals surface area contributed by atoms with Crippen LogP contribution in [0.5, 0.6) is 0 Å². The average molecular weight is 168 g/mol. The first-order chi connectivity index (χ1) is 5.84. The molecule has 4 nitrogen and oxygen atoms in total. The standard InChI is InChI=1S/C8H12N2O2/c1-6-5-12-8(10-6)4-7-9-2-3-11-7/h6H,2-5H2,1H3. The summed E-state index contributed by atoms with van der Waals surface area (Å²) < 4.78 is 10.6. The maximum Gasteiger partial charge on any atom is 0.193 e. The molecule has 2 heterocycles. The van der Waals surface area contributed by atoms with Gasteiger partial charge in [0.2, 0.25) is 0 Å². The number of hydrogen-bond donors (Lipinski definition) is 0. The Balaban J connectivity index is 1.90. The molecule has 12 heavy (non-hydrogen) atoms. The minimum absolute atomic E-state index is 0.294. The molecule has 4 heteroatoms. The molecule has 0 bridgehead atoms. The Hall–Kier alpha value is -1.06. The summed E-state index contributed by atoms with van der Waals surface area (Å²) in [7, 11) is 0. The molecular weight excluding hydrogens is 156 g/mol. The Morgan fingerprint density at radius 3 is 2.92 bits per heavy atom. The zero-order chi connectivity index (χ0) is 8.39. The van der Waals surface area contributed by atoms with Crippen LogP contribution in [0.3, 0.4) is 0 Å². The van der Waals surface area contributed by atoms with Gasteiger partial charge in [-0.25, -0.2) is 4.99 Å². The predicted octanol–water partition coefficient (Wildman–Crippen LogP) is 0.622. The fourth-order valence-electron chi connectivity index (χ4n) is 1.25. The second-order valence-electron chi connectivity index (χ2n) is 2.98. The fourth-order valence-corrected chi connectivity index (χ4v) is 1.25. The van der Waals surface area contributed by atoms with Gasteiger partial charge in [-0.3, -0.25) is 4.99 Å². The first kappa shape index (κ1) is 7.58. The van der Waals surface area contributed by atoms with E-state index in [2.05, 4.69) is 9.98 Å². The van der Waals surface area contributed by atoms with Gasteiger partial charge in [-0.2, -0.15) is 0 Å². The van der Waals surface area contributed by atoms with Crippen molar-refractivity contribution in [1.29, 1.82) is 0 Å². The van der Waals surface area contributed by atoms with Crippen LogP contribution in [0.1, 0.15) is 13.3 Å². The van der Waals surface area contributed by atoms with E-state index in [1.54, 1.807) is 0 Å². The molecular formula is C8H12N2O2. The van der Waals surface area contributed by atoms with Crippen molar-refractivity contribution in [2.45, 2.75) is 19.4 Å². The Morgan fingerprint density at radius 1 is 1.42 bits per heavy atom. The van der Waals surface area contributed by atoms with Crippen LogP contribution in [0.15, 0.2) is 9.98 Å². The van der Waals surface area contributed by atoms with E-state index in [9.17, 15) is 0 Å². The molecule has 0 amide bonds. The van der Waals surface area contributed by atoms with E-state index in [0.717, 1.165) is 18.3 Å². The molecule has 2 aliphatic heterocycles. The molecule has 1 unspecified atom stereocenters. The lowest BCUT2D eigenvalue weighted by atomic mass is 10.4. The molecule has 0 aromatic carbocycles. The molecule has 0 spiro atoms. The number of aliphatic imine (C=N–C) groups is 2. The fraction of sp³-hybridized carbons (Fsp3) is 0.750. The molecule has 1 atom stereocenters. The van der Waals surface area contributed by atoms with Gasteiger partial charge in [0, 0.05) is 0 Å². The Bertz CT molecular complexity index is 235. The molecule has 0 saturated carbocycles. The van der Waals surface area contributed by atoms with E-state index >= 15 is 0 Å². The maximum absolute atomic E-state index is 5.32. The van der Waals surface area contributed by atoms with Crippen molar-refractivity contribution in [1.82, 2.24) is 0 Å². The quantitative estimate of drug-likeness (QED) is 0.606. The summed E-state index contributed by atoms with van der Waals surface area (Å²) in [4.78, 5) is 8.44. The average Bonchev–Trinajstić information content (AvgIpc) is 2.63. The van der Waals surface area contributed by atoms with E-state index in [0.29, 0.717) is 25.7 Å². The van der Waals surface area contributed by atoms with E-state index in [-0.39, 0.29) is 0 Å². The molecule has 2 aliphatic rings. The number of nitrogens with zero attached hydrogens (tertiary/aromatic N) is 2. The Kier molecular flexibility index (Phi) is 1.98. The highest BCUT2D eigenvalue weighted by Gasteiger charge is 2.18. The summed E-state index contributed by atoms with van der Waals surface area (Å²) >= 11 is 0. The van der Waals surface area contributed by atoms with Crippen LogP contribution in [-0.2, 0) is 9.47 Å². The topological polar surface area (TPSA) is 43.2 Å². The summed E-state index contributed by atoms with van der Waals surface area (Å²) in [6.07, 6.45) is 0.629. The molecule has 0 radical (unpaired) electrons. The van der Waals surface area contributed by atoms with Gasteiger partial charge in [-0.15, -0.1) is 0 Å². The van der Waals surface area contributed by atoms with E-state index in [4.69, 9.17) is 9.47 Å². The van der Waals surface area contributed by atoms with Crippen molar-refractivity contribution in [3.63, 3.8) is 0 Å². The van der Waals surface area contributed by atoms with Gasteiger partial charge < -0.3 is 9.47 Å². The van der Waals surface area contributed by atoms with Gasteiger partial charge in [-0.1, -0.05) is 0 Å². The number of ether oxygens (including phenoxy) is 2. The van der Waals surface area contributed by atoms with E-state index in [1.807, 2.05) is 6.92 Å².